The predicted molar refractivity (Wildman–Crippen MR) is 116 cm³/mol. The van der Waals surface area contributed by atoms with Crippen LogP contribution in [0.15, 0.2) is 65.4 Å². The van der Waals surface area contributed by atoms with Gasteiger partial charge in [-0.15, -0.1) is 0 Å². The van der Waals surface area contributed by atoms with Gasteiger partial charge >= 0.3 is 0 Å². The van der Waals surface area contributed by atoms with Gasteiger partial charge in [-0.1, -0.05) is 35.5 Å². The third kappa shape index (κ3) is 5.56. The molecule has 0 saturated carbocycles. The molecule has 1 aliphatic heterocycles. The molecule has 2 aromatic carbocycles. The summed E-state index contributed by atoms with van der Waals surface area (Å²) in [6.45, 7) is 0.649. The normalized spacial score (nSPS) is 16.5. The van der Waals surface area contributed by atoms with Crippen LogP contribution >= 0.6 is 0 Å². The molecule has 1 aliphatic rings. The first kappa shape index (κ1) is 22.5. The van der Waals surface area contributed by atoms with Crippen LogP contribution in [0.2, 0.25) is 0 Å². The third-order valence-electron chi connectivity index (χ3n) is 5.44. The highest BCUT2D eigenvalue weighted by atomic mass is 19.1. The number of amides is 2. The molecular formula is C24H24FN3O5. The van der Waals surface area contributed by atoms with Crippen molar-refractivity contribution >= 4 is 11.8 Å². The largest absolute Gasteiger partial charge is 0.497 e. The summed E-state index contributed by atoms with van der Waals surface area (Å²) in [5, 5.41) is 3.69. The van der Waals surface area contributed by atoms with E-state index in [4.69, 9.17) is 14.0 Å². The molecule has 1 atom stereocenters. The maximum atomic E-state index is 14.1. The van der Waals surface area contributed by atoms with Crippen molar-refractivity contribution in [1.29, 1.82) is 0 Å². The lowest BCUT2D eigenvalue weighted by Crippen LogP contribution is -2.39. The first-order chi connectivity index (χ1) is 16.0. The van der Waals surface area contributed by atoms with Crippen LogP contribution in [0.5, 0.6) is 5.75 Å². The number of aromatic nitrogens is 1. The second-order valence-electron chi connectivity index (χ2n) is 7.72. The van der Waals surface area contributed by atoms with E-state index < -0.39 is 12.0 Å². The topological polar surface area (TPSA) is 85.1 Å². The fraction of sp³-hybridized carbons (Fsp3) is 0.292. The van der Waals surface area contributed by atoms with Crippen molar-refractivity contribution in [2.24, 2.45) is 0 Å². The number of ether oxygens (including phenoxy) is 2. The van der Waals surface area contributed by atoms with Gasteiger partial charge in [-0.25, -0.2) is 4.39 Å². The summed E-state index contributed by atoms with van der Waals surface area (Å²) in [4.78, 5) is 29.0. The van der Waals surface area contributed by atoms with E-state index in [0.717, 1.165) is 11.3 Å². The number of carbonyl (C=O) groups is 2. The third-order valence-corrected chi connectivity index (χ3v) is 5.44. The number of halogens is 1. The Kier molecular flexibility index (Phi) is 6.99. The minimum atomic E-state index is -0.523. The van der Waals surface area contributed by atoms with Crippen LogP contribution in [0.25, 0.3) is 0 Å². The molecule has 0 radical (unpaired) electrons. The summed E-state index contributed by atoms with van der Waals surface area (Å²) in [6.07, 6.45) is 0.778. The van der Waals surface area contributed by atoms with Crippen molar-refractivity contribution in [3.05, 3.63) is 83.5 Å². The molecule has 8 nitrogen and oxygen atoms in total. The standard InChI is InChI=1S/C24H24FN3O5/c1-31-19-8-6-17(7-9-19)12-27-13-20(32-16-18-4-2-3-5-21(18)25)14-28(15-23(27)29)24(30)22-10-11-33-26-22/h2-11,20H,12-16H2,1H3. The summed E-state index contributed by atoms with van der Waals surface area (Å²) >= 11 is 0. The summed E-state index contributed by atoms with van der Waals surface area (Å²) in [6, 6.07) is 15.2. The van der Waals surface area contributed by atoms with Crippen LogP contribution in [0.4, 0.5) is 4.39 Å². The van der Waals surface area contributed by atoms with E-state index in [1.165, 1.54) is 23.3 Å². The Morgan fingerprint density at radius 3 is 2.64 bits per heavy atom. The van der Waals surface area contributed by atoms with E-state index in [-0.39, 0.29) is 43.7 Å². The van der Waals surface area contributed by atoms with E-state index in [2.05, 4.69) is 5.16 Å². The minimum absolute atomic E-state index is 0.0217. The molecule has 1 saturated heterocycles. The van der Waals surface area contributed by atoms with Crippen molar-refractivity contribution in [2.45, 2.75) is 19.3 Å². The number of rotatable bonds is 7. The monoisotopic (exact) mass is 453 g/mol. The Bertz CT molecular complexity index is 1090. The van der Waals surface area contributed by atoms with Gasteiger partial charge in [-0.3, -0.25) is 9.59 Å². The SMILES string of the molecule is COc1ccc(CN2CC(OCc3ccccc3F)CN(C(=O)c3ccon3)CC2=O)cc1. The van der Waals surface area contributed by atoms with Gasteiger partial charge in [-0.05, 0) is 23.8 Å². The van der Waals surface area contributed by atoms with Gasteiger partial charge in [0.15, 0.2) is 5.69 Å². The summed E-state index contributed by atoms with van der Waals surface area (Å²) < 4.78 is 30.0. The molecule has 9 heteroatoms. The zero-order valence-electron chi connectivity index (χ0n) is 18.1. The Balaban J connectivity index is 1.52. The zero-order chi connectivity index (χ0) is 23.2. The molecule has 0 aliphatic carbocycles. The van der Waals surface area contributed by atoms with E-state index in [9.17, 15) is 14.0 Å². The average molecular weight is 453 g/mol. The number of methoxy groups -OCH3 is 1. The molecule has 0 spiro atoms. The molecule has 0 N–H and O–H groups in total. The van der Waals surface area contributed by atoms with Crippen molar-refractivity contribution in [2.75, 3.05) is 26.7 Å². The predicted octanol–water partition coefficient (Wildman–Crippen LogP) is 2.89. The van der Waals surface area contributed by atoms with Crippen LogP contribution in [-0.4, -0.2) is 59.6 Å². The number of benzene rings is 2. The molecule has 4 rings (SSSR count). The van der Waals surface area contributed by atoms with Crippen LogP contribution in [0.3, 0.4) is 0 Å². The van der Waals surface area contributed by atoms with Gasteiger partial charge in [0.1, 0.15) is 24.4 Å². The Labute approximate surface area is 190 Å². The highest BCUT2D eigenvalue weighted by Crippen LogP contribution is 2.18. The van der Waals surface area contributed by atoms with Gasteiger partial charge in [-0.2, -0.15) is 0 Å². The van der Waals surface area contributed by atoms with E-state index in [1.54, 1.807) is 30.2 Å². The quantitative estimate of drug-likeness (QED) is 0.547. The van der Waals surface area contributed by atoms with Crippen LogP contribution < -0.4 is 4.74 Å². The van der Waals surface area contributed by atoms with Gasteiger partial charge in [0, 0.05) is 31.3 Å². The fourth-order valence-electron chi connectivity index (χ4n) is 3.65. The molecule has 2 heterocycles. The minimum Gasteiger partial charge on any atom is -0.497 e. The molecule has 1 fully saturated rings. The first-order valence-electron chi connectivity index (χ1n) is 10.5. The molecule has 3 aromatic rings. The zero-order valence-corrected chi connectivity index (χ0v) is 18.1. The van der Waals surface area contributed by atoms with Crippen LogP contribution in [-0.2, 0) is 22.7 Å². The van der Waals surface area contributed by atoms with E-state index in [1.807, 2.05) is 24.3 Å². The molecule has 2 amide bonds. The maximum absolute atomic E-state index is 14.1. The number of hydrogen-bond acceptors (Lipinski definition) is 6. The molecular weight excluding hydrogens is 429 g/mol. The lowest BCUT2D eigenvalue weighted by atomic mass is 10.2. The summed E-state index contributed by atoms with van der Waals surface area (Å²) in [7, 11) is 1.59. The van der Waals surface area contributed by atoms with Gasteiger partial charge in [0.2, 0.25) is 5.91 Å². The van der Waals surface area contributed by atoms with Crippen molar-refractivity contribution < 1.29 is 28.0 Å². The second kappa shape index (κ2) is 10.3. The van der Waals surface area contributed by atoms with E-state index in [0.29, 0.717) is 12.1 Å². The Morgan fingerprint density at radius 2 is 1.94 bits per heavy atom. The second-order valence-corrected chi connectivity index (χ2v) is 7.72. The fourth-order valence-corrected chi connectivity index (χ4v) is 3.65. The lowest BCUT2D eigenvalue weighted by Gasteiger charge is -2.25. The maximum Gasteiger partial charge on any atom is 0.276 e. The summed E-state index contributed by atoms with van der Waals surface area (Å²) in [5.74, 6) is -0.299. The smallest absolute Gasteiger partial charge is 0.276 e. The lowest BCUT2D eigenvalue weighted by molar-refractivity contribution is -0.132. The van der Waals surface area contributed by atoms with Crippen LogP contribution in [0.1, 0.15) is 21.6 Å². The Hall–Kier alpha value is -3.72. The van der Waals surface area contributed by atoms with Crippen molar-refractivity contribution in [3.8, 4) is 5.75 Å². The molecule has 1 aromatic heterocycles. The number of carbonyl (C=O) groups excluding carboxylic acids is 2. The number of hydrogen-bond donors (Lipinski definition) is 0. The van der Waals surface area contributed by atoms with Gasteiger partial charge in [0.25, 0.3) is 5.91 Å². The molecule has 1 unspecified atom stereocenters. The van der Waals surface area contributed by atoms with Crippen molar-refractivity contribution in [1.82, 2.24) is 15.0 Å². The van der Waals surface area contributed by atoms with Crippen molar-refractivity contribution in [3.63, 3.8) is 0 Å². The molecule has 33 heavy (non-hydrogen) atoms. The summed E-state index contributed by atoms with van der Waals surface area (Å²) in [5.41, 5.74) is 1.43. The highest BCUT2D eigenvalue weighted by Gasteiger charge is 2.32. The Morgan fingerprint density at radius 1 is 1.15 bits per heavy atom. The van der Waals surface area contributed by atoms with Crippen LogP contribution in [0, 0.1) is 5.82 Å². The molecule has 172 valence electrons. The first-order valence-corrected chi connectivity index (χ1v) is 10.5. The molecule has 0 bridgehead atoms. The number of nitrogens with zero attached hydrogens (tertiary/aromatic N) is 3. The van der Waals surface area contributed by atoms with E-state index >= 15 is 0 Å². The highest BCUT2D eigenvalue weighted by molar-refractivity contribution is 5.95. The van der Waals surface area contributed by atoms with Gasteiger partial charge in [0.05, 0.1) is 19.8 Å². The average Bonchev–Trinajstić information content (AvgIpc) is 3.32. The van der Waals surface area contributed by atoms with Gasteiger partial charge < -0.3 is 23.8 Å².